The van der Waals surface area contributed by atoms with Crippen LogP contribution in [-0.2, 0) is 24.4 Å². The van der Waals surface area contributed by atoms with E-state index in [0.29, 0.717) is 19.6 Å². The topological polar surface area (TPSA) is 128 Å². The summed E-state index contributed by atoms with van der Waals surface area (Å²) in [7, 11) is -2.03. The predicted octanol–water partition coefficient (Wildman–Crippen LogP) is 1.05. The van der Waals surface area contributed by atoms with E-state index in [1.54, 1.807) is 22.9 Å². The zero-order valence-corrected chi connectivity index (χ0v) is 19.8. The Morgan fingerprint density at radius 3 is 2.24 bits per heavy atom. The first kappa shape index (κ1) is 27.5. The van der Waals surface area contributed by atoms with E-state index >= 15 is 0 Å². The van der Waals surface area contributed by atoms with Gasteiger partial charge in [0, 0.05) is 69.9 Å². The second-order valence-corrected chi connectivity index (χ2v) is 10.6. The van der Waals surface area contributed by atoms with Crippen LogP contribution in [0, 0.1) is 11.3 Å². The third-order valence-electron chi connectivity index (χ3n) is 5.50. The van der Waals surface area contributed by atoms with Gasteiger partial charge < -0.3 is 14.9 Å². The lowest BCUT2D eigenvalue weighted by Crippen LogP contribution is -2.45. The number of carbonyl (C=O) groups is 3. The van der Waals surface area contributed by atoms with Crippen molar-refractivity contribution in [2.75, 3.05) is 39.8 Å². The molecule has 0 aliphatic carbocycles. The van der Waals surface area contributed by atoms with Gasteiger partial charge in [0.25, 0.3) is 0 Å². The number of amides is 2. The second kappa shape index (κ2) is 10.3. The Balaban J connectivity index is 0.000000509. The number of carbonyl (C=O) groups excluding carboxylic acids is 2. The summed E-state index contributed by atoms with van der Waals surface area (Å²) in [6.07, 6.45) is -1.99. The summed E-state index contributed by atoms with van der Waals surface area (Å²) in [4.78, 5) is 41.2. The van der Waals surface area contributed by atoms with Crippen LogP contribution in [0.1, 0.15) is 20.3 Å². The minimum Gasteiger partial charge on any atom is -0.475 e. The summed E-state index contributed by atoms with van der Waals surface area (Å²) in [6.45, 7) is 5.21. The van der Waals surface area contributed by atoms with E-state index in [2.05, 4.69) is 4.98 Å². The van der Waals surface area contributed by atoms with Crippen LogP contribution in [-0.4, -0.2) is 96.3 Å². The van der Waals surface area contributed by atoms with Gasteiger partial charge in [-0.1, -0.05) is 13.8 Å². The average Bonchev–Trinajstić information content (AvgIpc) is 2.90. The minimum absolute atomic E-state index is 0.0167. The molecule has 3 rings (SSSR count). The molecule has 2 amide bonds. The summed E-state index contributed by atoms with van der Waals surface area (Å²) >= 11 is 0. The lowest BCUT2D eigenvalue weighted by atomic mass is 9.86. The molecule has 2 saturated heterocycles. The molecule has 0 bridgehead atoms. The van der Waals surface area contributed by atoms with Crippen LogP contribution in [0.2, 0.25) is 0 Å². The van der Waals surface area contributed by atoms with Crippen molar-refractivity contribution in [3.63, 3.8) is 0 Å². The quantitative estimate of drug-likeness (QED) is 0.646. The van der Waals surface area contributed by atoms with Gasteiger partial charge in [0.1, 0.15) is 4.90 Å². The van der Waals surface area contributed by atoms with Crippen molar-refractivity contribution in [3.05, 3.63) is 24.5 Å². The molecule has 0 radical (unpaired) electrons. The van der Waals surface area contributed by atoms with Crippen LogP contribution >= 0.6 is 0 Å². The molecular weight excluding hydrogens is 481 g/mol. The molecule has 2 aliphatic heterocycles. The minimum atomic E-state index is -5.08. The number of halogens is 3. The maximum Gasteiger partial charge on any atom is 0.490 e. The Morgan fingerprint density at radius 2 is 1.79 bits per heavy atom. The monoisotopic (exact) mass is 508 g/mol. The number of rotatable bonds is 3. The van der Waals surface area contributed by atoms with Crippen LogP contribution in [0.4, 0.5) is 13.2 Å². The fourth-order valence-electron chi connectivity index (χ4n) is 3.94. The van der Waals surface area contributed by atoms with E-state index < -0.39 is 27.6 Å². The van der Waals surface area contributed by atoms with E-state index in [4.69, 9.17) is 9.90 Å². The van der Waals surface area contributed by atoms with Gasteiger partial charge in [-0.05, 0) is 12.1 Å². The zero-order chi connectivity index (χ0) is 25.9. The van der Waals surface area contributed by atoms with E-state index in [1.165, 1.54) is 22.8 Å². The molecule has 1 aromatic heterocycles. The number of nitrogens with zero attached hydrogens (tertiary/aromatic N) is 4. The lowest BCUT2D eigenvalue weighted by Gasteiger charge is -2.33. The van der Waals surface area contributed by atoms with Crippen molar-refractivity contribution in [2.24, 2.45) is 11.3 Å². The second-order valence-electron chi connectivity index (χ2n) is 8.67. The number of carboxylic acids is 1. The Morgan fingerprint density at radius 1 is 1.18 bits per heavy atom. The fourth-order valence-corrected chi connectivity index (χ4v) is 5.45. The predicted molar refractivity (Wildman–Crippen MR) is 113 cm³/mol. The van der Waals surface area contributed by atoms with Crippen molar-refractivity contribution in [3.8, 4) is 0 Å². The molecule has 2 aliphatic rings. The highest BCUT2D eigenvalue weighted by atomic mass is 32.2. The first-order valence-corrected chi connectivity index (χ1v) is 11.8. The molecule has 1 N–H and O–H groups in total. The number of aromatic nitrogens is 1. The highest BCUT2D eigenvalue weighted by Crippen LogP contribution is 2.36. The van der Waals surface area contributed by atoms with Crippen LogP contribution < -0.4 is 0 Å². The molecule has 14 heteroatoms. The number of alkyl halides is 3. The summed E-state index contributed by atoms with van der Waals surface area (Å²) < 4.78 is 59.4. The molecule has 1 unspecified atom stereocenters. The van der Waals surface area contributed by atoms with Crippen LogP contribution in [0.25, 0.3) is 0 Å². The average molecular weight is 509 g/mol. The number of sulfonamides is 1. The summed E-state index contributed by atoms with van der Waals surface area (Å²) in [5.74, 6) is -2.98. The Kier molecular flexibility index (Phi) is 8.30. The summed E-state index contributed by atoms with van der Waals surface area (Å²) in [6, 6.07) is 3.10. The Bertz CT molecular complexity index is 1020. The molecule has 2 fully saturated rings. The Hall–Kier alpha value is -2.74. The van der Waals surface area contributed by atoms with Gasteiger partial charge in [-0.25, -0.2) is 13.2 Å². The van der Waals surface area contributed by atoms with Crippen molar-refractivity contribution in [2.45, 2.75) is 31.3 Å². The molecule has 10 nitrogen and oxygen atoms in total. The highest BCUT2D eigenvalue weighted by Gasteiger charge is 2.48. The maximum atomic E-state index is 13.1. The van der Waals surface area contributed by atoms with E-state index in [-0.39, 0.29) is 42.1 Å². The highest BCUT2D eigenvalue weighted by molar-refractivity contribution is 7.89. The van der Waals surface area contributed by atoms with Gasteiger partial charge in [0.2, 0.25) is 21.8 Å². The normalized spacial score (nSPS) is 21.9. The van der Waals surface area contributed by atoms with E-state index in [0.717, 1.165) is 0 Å². The van der Waals surface area contributed by atoms with Crippen molar-refractivity contribution >= 4 is 27.8 Å². The van der Waals surface area contributed by atoms with E-state index in [9.17, 15) is 31.2 Å². The third-order valence-corrected chi connectivity index (χ3v) is 7.33. The molecule has 1 spiro atoms. The lowest BCUT2D eigenvalue weighted by molar-refractivity contribution is -0.192. The van der Waals surface area contributed by atoms with Gasteiger partial charge in [-0.2, -0.15) is 17.5 Å². The van der Waals surface area contributed by atoms with Crippen LogP contribution in [0.15, 0.2) is 29.4 Å². The molecule has 1 atom stereocenters. The molecule has 190 valence electrons. The van der Waals surface area contributed by atoms with Gasteiger partial charge in [-0.3, -0.25) is 14.6 Å². The molecule has 1 aromatic rings. The number of carboxylic acid groups (broad SMARTS) is 1. The number of pyridine rings is 1. The van der Waals surface area contributed by atoms with E-state index in [1.807, 2.05) is 13.8 Å². The van der Waals surface area contributed by atoms with Crippen LogP contribution in [0.5, 0.6) is 0 Å². The number of aliphatic carboxylic acids is 1. The number of hydrogen-bond acceptors (Lipinski definition) is 6. The van der Waals surface area contributed by atoms with Gasteiger partial charge in [0.15, 0.2) is 0 Å². The van der Waals surface area contributed by atoms with Crippen molar-refractivity contribution < 1.29 is 41.1 Å². The Labute approximate surface area is 195 Å². The SMILES string of the molecule is CC(C)C(=O)N1CCN(S(=O)(=O)c2cccnc2)CC2(CC(=O)N(C)C2)C1.O=C(O)C(F)(F)F. The third kappa shape index (κ3) is 6.44. The summed E-state index contributed by atoms with van der Waals surface area (Å²) in [5.41, 5.74) is -0.595. The van der Waals surface area contributed by atoms with Gasteiger partial charge in [0.05, 0.1) is 0 Å². The molecule has 0 saturated carbocycles. The van der Waals surface area contributed by atoms with Crippen LogP contribution in [0.3, 0.4) is 0 Å². The standard InChI is InChI=1S/C18H26N4O4S.C2HF3O2/c1-14(2)17(24)21-7-8-22(27(25,26)15-5-4-6-19-10-15)13-18(12-21)9-16(23)20(3)11-18;3-2(4,5)1(6)7/h4-6,10,14H,7-9,11-13H2,1-3H3;(H,6,7). The molecule has 0 aromatic carbocycles. The summed E-state index contributed by atoms with van der Waals surface area (Å²) in [5, 5.41) is 7.12. The number of likely N-dealkylation sites (tertiary alicyclic amines) is 1. The molecule has 3 heterocycles. The van der Waals surface area contributed by atoms with Crippen molar-refractivity contribution in [1.82, 2.24) is 19.1 Å². The van der Waals surface area contributed by atoms with Crippen molar-refractivity contribution in [1.29, 1.82) is 0 Å². The molecule has 34 heavy (non-hydrogen) atoms. The van der Waals surface area contributed by atoms with Gasteiger partial charge in [-0.15, -0.1) is 0 Å². The zero-order valence-electron chi connectivity index (χ0n) is 18.9. The smallest absolute Gasteiger partial charge is 0.475 e. The first-order valence-electron chi connectivity index (χ1n) is 10.3. The van der Waals surface area contributed by atoms with Gasteiger partial charge >= 0.3 is 12.1 Å². The number of hydrogen-bond donors (Lipinski definition) is 1. The first-order chi connectivity index (χ1) is 15.6. The fraction of sp³-hybridized carbons (Fsp3) is 0.600. The maximum absolute atomic E-state index is 13.1. The molecular formula is C20H27F3N4O6S. The largest absolute Gasteiger partial charge is 0.490 e.